The summed E-state index contributed by atoms with van der Waals surface area (Å²) in [6, 6.07) is 16.1. The van der Waals surface area contributed by atoms with E-state index in [9.17, 15) is 4.79 Å². The van der Waals surface area contributed by atoms with Gasteiger partial charge < -0.3 is 14.4 Å². The SMILES string of the molecule is COc1ccccc1CC(C)CCC(=O)Oc1cccc([C@H](C)N(C)C)c1. The maximum atomic E-state index is 12.3. The molecule has 27 heavy (non-hydrogen) atoms. The quantitative estimate of drug-likeness (QED) is 0.466. The molecule has 0 spiro atoms. The highest BCUT2D eigenvalue weighted by molar-refractivity contribution is 5.72. The van der Waals surface area contributed by atoms with Crippen LogP contribution in [0.4, 0.5) is 0 Å². The number of benzene rings is 2. The number of nitrogens with zero attached hydrogens (tertiary/aromatic N) is 1. The lowest BCUT2D eigenvalue weighted by Crippen LogP contribution is -2.17. The Bertz CT molecular complexity index is 742. The van der Waals surface area contributed by atoms with Gasteiger partial charge in [-0.1, -0.05) is 37.3 Å². The largest absolute Gasteiger partial charge is 0.496 e. The molecule has 0 heterocycles. The van der Waals surface area contributed by atoms with Crippen LogP contribution in [0.1, 0.15) is 43.9 Å². The number of carbonyl (C=O) groups excluding carboxylic acids is 1. The third kappa shape index (κ3) is 6.40. The molecule has 2 atom stereocenters. The highest BCUT2D eigenvalue weighted by Gasteiger charge is 2.13. The van der Waals surface area contributed by atoms with Crippen molar-refractivity contribution < 1.29 is 14.3 Å². The molecule has 0 aromatic heterocycles. The van der Waals surface area contributed by atoms with E-state index in [-0.39, 0.29) is 12.0 Å². The molecule has 0 aliphatic heterocycles. The lowest BCUT2D eigenvalue weighted by molar-refractivity contribution is -0.134. The molecule has 0 aliphatic rings. The molecule has 0 fully saturated rings. The van der Waals surface area contributed by atoms with Gasteiger partial charge in [-0.05, 0) is 69.1 Å². The Labute approximate surface area is 163 Å². The molecule has 0 aliphatic carbocycles. The van der Waals surface area contributed by atoms with E-state index in [0.29, 0.717) is 18.1 Å². The number of ether oxygens (including phenoxy) is 2. The molecule has 0 N–H and O–H groups in total. The van der Waals surface area contributed by atoms with Crippen LogP contribution in [0.3, 0.4) is 0 Å². The van der Waals surface area contributed by atoms with Crippen molar-refractivity contribution >= 4 is 5.97 Å². The Balaban J connectivity index is 1.86. The van der Waals surface area contributed by atoms with Crippen LogP contribution in [0.25, 0.3) is 0 Å². The number of carbonyl (C=O) groups is 1. The summed E-state index contributed by atoms with van der Waals surface area (Å²) in [5.41, 5.74) is 2.31. The van der Waals surface area contributed by atoms with Crippen molar-refractivity contribution in [1.29, 1.82) is 0 Å². The maximum Gasteiger partial charge on any atom is 0.311 e. The van der Waals surface area contributed by atoms with Crippen LogP contribution in [-0.2, 0) is 11.2 Å². The summed E-state index contributed by atoms with van der Waals surface area (Å²) in [5.74, 6) is 1.70. The zero-order valence-corrected chi connectivity index (χ0v) is 17.1. The Morgan fingerprint density at radius 1 is 1.07 bits per heavy atom. The maximum absolute atomic E-state index is 12.3. The van der Waals surface area contributed by atoms with Crippen LogP contribution in [0.15, 0.2) is 48.5 Å². The molecule has 0 radical (unpaired) electrons. The molecule has 0 bridgehead atoms. The lowest BCUT2D eigenvalue weighted by Gasteiger charge is -2.20. The molecule has 2 rings (SSSR count). The van der Waals surface area contributed by atoms with E-state index in [1.807, 2.05) is 50.5 Å². The Morgan fingerprint density at radius 3 is 2.52 bits per heavy atom. The lowest BCUT2D eigenvalue weighted by atomic mass is 9.96. The van der Waals surface area contributed by atoms with E-state index in [4.69, 9.17) is 9.47 Å². The Morgan fingerprint density at radius 2 is 1.81 bits per heavy atom. The summed E-state index contributed by atoms with van der Waals surface area (Å²) in [7, 11) is 5.76. The highest BCUT2D eigenvalue weighted by atomic mass is 16.5. The summed E-state index contributed by atoms with van der Waals surface area (Å²) in [6.07, 6.45) is 2.07. The van der Waals surface area contributed by atoms with E-state index in [1.54, 1.807) is 7.11 Å². The van der Waals surface area contributed by atoms with Gasteiger partial charge in [-0.2, -0.15) is 0 Å². The van der Waals surface area contributed by atoms with Gasteiger partial charge in [0.2, 0.25) is 0 Å². The normalized spacial score (nSPS) is 13.3. The molecular weight excluding hydrogens is 338 g/mol. The van der Waals surface area contributed by atoms with Crippen LogP contribution in [0, 0.1) is 5.92 Å². The summed E-state index contributed by atoms with van der Waals surface area (Å²) in [4.78, 5) is 14.4. The first-order chi connectivity index (χ1) is 12.9. The van der Waals surface area contributed by atoms with E-state index in [0.717, 1.165) is 24.2 Å². The van der Waals surface area contributed by atoms with Gasteiger partial charge >= 0.3 is 5.97 Å². The standard InChI is InChI=1S/C23H31NO3/c1-17(15-20-9-6-7-12-22(20)26-5)13-14-23(25)27-21-11-8-10-19(16-21)18(2)24(3)4/h6-12,16-18H,13-15H2,1-5H3/t17?,18-/m0/s1. The van der Waals surface area contributed by atoms with Crippen LogP contribution in [-0.4, -0.2) is 32.1 Å². The molecule has 146 valence electrons. The molecule has 4 heteroatoms. The van der Waals surface area contributed by atoms with Crippen molar-refractivity contribution in [3.63, 3.8) is 0 Å². The minimum Gasteiger partial charge on any atom is -0.496 e. The fourth-order valence-electron chi connectivity index (χ4n) is 3.03. The number of esters is 1. The first-order valence-electron chi connectivity index (χ1n) is 9.49. The number of methoxy groups -OCH3 is 1. The van der Waals surface area contributed by atoms with Crippen molar-refractivity contribution in [2.24, 2.45) is 5.92 Å². The van der Waals surface area contributed by atoms with Crippen LogP contribution in [0.5, 0.6) is 11.5 Å². The summed E-state index contributed by atoms with van der Waals surface area (Å²) in [5, 5.41) is 0. The van der Waals surface area contributed by atoms with Crippen molar-refractivity contribution in [1.82, 2.24) is 4.90 Å². The van der Waals surface area contributed by atoms with Gasteiger partial charge in [-0.3, -0.25) is 4.79 Å². The van der Waals surface area contributed by atoms with E-state index in [1.165, 1.54) is 5.56 Å². The van der Waals surface area contributed by atoms with Gasteiger partial charge in [-0.15, -0.1) is 0 Å². The first kappa shape index (κ1) is 21.0. The van der Waals surface area contributed by atoms with Crippen LogP contribution in [0.2, 0.25) is 0 Å². The van der Waals surface area contributed by atoms with Crippen LogP contribution >= 0.6 is 0 Å². The van der Waals surface area contributed by atoms with Gasteiger partial charge in [-0.25, -0.2) is 0 Å². The van der Waals surface area contributed by atoms with E-state index in [2.05, 4.69) is 30.9 Å². The van der Waals surface area contributed by atoms with Crippen molar-refractivity contribution in [3.8, 4) is 11.5 Å². The van der Waals surface area contributed by atoms with Gasteiger partial charge in [0, 0.05) is 12.5 Å². The third-order valence-electron chi connectivity index (χ3n) is 4.95. The van der Waals surface area contributed by atoms with Crippen LogP contribution < -0.4 is 9.47 Å². The van der Waals surface area contributed by atoms with Gasteiger partial charge in [0.1, 0.15) is 11.5 Å². The van der Waals surface area contributed by atoms with Gasteiger partial charge in [0.15, 0.2) is 0 Å². The molecule has 1 unspecified atom stereocenters. The van der Waals surface area contributed by atoms with E-state index >= 15 is 0 Å². The predicted molar refractivity (Wildman–Crippen MR) is 109 cm³/mol. The summed E-state index contributed by atoms with van der Waals surface area (Å²) in [6.45, 7) is 4.28. The average Bonchev–Trinajstić information content (AvgIpc) is 2.66. The molecule has 0 saturated heterocycles. The molecule has 4 nitrogen and oxygen atoms in total. The highest BCUT2D eigenvalue weighted by Crippen LogP contribution is 2.24. The molecule has 2 aromatic carbocycles. The smallest absolute Gasteiger partial charge is 0.311 e. The summed E-state index contributed by atoms with van der Waals surface area (Å²) >= 11 is 0. The predicted octanol–water partition coefficient (Wildman–Crippen LogP) is 4.88. The van der Waals surface area contributed by atoms with Gasteiger partial charge in [0.25, 0.3) is 0 Å². The van der Waals surface area contributed by atoms with E-state index < -0.39 is 0 Å². The fourth-order valence-corrected chi connectivity index (χ4v) is 3.03. The Kier molecular flexibility index (Phi) is 7.86. The molecule has 2 aromatic rings. The van der Waals surface area contributed by atoms with Gasteiger partial charge in [0.05, 0.1) is 7.11 Å². The zero-order valence-electron chi connectivity index (χ0n) is 17.1. The molecule has 0 saturated carbocycles. The van der Waals surface area contributed by atoms with Crippen molar-refractivity contribution in [2.75, 3.05) is 21.2 Å². The number of para-hydroxylation sites is 1. The number of hydrogen-bond acceptors (Lipinski definition) is 4. The monoisotopic (exact) mass is 369 g/mol. The summed E-state index contributed by atoms with van der Waals surface area (Å²) < 4.78 is 11.0. The minimum absolute atomic E-state index is 0.184. The first-order valence-corrected chi connectivity index (χ1v) is 9.49. The molecular formula is C23H31NO3. The fraction of sp³-hybridized carbons (Fsp3) is 0.435. The topological polar surface area (TPSA) is 38.8 Å². The average molecular weight is 370 g/mol. The zero-order chi connectivity index (χ0) is 19.8. The van der Waals surface area contributed by atoms with Crippen molar-refractivity contribution in [3.05, 3.63) is 59.7 Å². The Hall–Kier alpha value is -2.33. The second-order valence-corrected chi connectivity index (χ2v) is 7.35. The second-order valence-electron chi connectivity index (χ2n) is 7.35. The van der Waals surface area contributed by atoms with Crippen molar-refractivity contribution in [2.45, 2.75) is 39.2 Å². The minimum atomic E-state index is -0.184. The number of hydrogen-bond donors (Lipinski definition) is 0. The third-order valence-corrected chi connectivity index (χ3v) is 4.95. The second kappa shape index (κ2) is 10.1. The number of rotatable bonds is 9. The molecule has 0 amide bonds.